The number of carbonyl (C=O) groups is 1. The maximum atomic E-state index is 13.1. The lowest BCUT2D eigenvalue weighted by molar-refractivity contribution is -0.123. The van der Waals surface area contributed by atoms with Gasteiger partial charge in [-0.2, -0.15) is 0 Å². The van der Waals surface area contributed by atoms with Gasteiger partial charge in [0, 0.05) is 16.5 Å². The van der Waals surface area contributed by atoms with Crippen LogP contribution < -0.4 is 0 Å². The SMILES string of the molecule is CC(C)(C)c1cc(CC(=O)C2(S(=O)(=O)c3ccc(Cl)cc3)CCC2)no1. The number of aromatic nitrogens is 1. The van der Waals surface area contributed by atoms with Gasteiger partial charge in [0.15, 0.2) is 15.6 Å². The molecule has 0 bridgehead atoms. The fourth-order valence-electron chi connectivity index (χ4n) is 3.11. The quantitative estimate of drug-likeness (QED) is 0.760. The van der Waals surface area contributed by atoms with Gasteiger partial charge < -0.3 is 4.52 Å². The third-order valence-corrected chi connectivity index (χ3v) is 7.76. The largest absolute Gasteiger partial charge is 0.361 e. The molecule has 2 aromatic rings. The van der Waals surface area contributed by atoms with Crippen molar-refractivity contribution in [3.8, 4) is 0 Å². The fraction of sp³-hybridized carbons (Fsp3) is 0.474. The minimum atomic E-state index is -3.79. The molecular weight excluding hydrogens is 374 g/mol. The first-order valence-corrected chi connectivity index (χ1v) is 10.4. The molecule has 26 heavy (non-hydrogen) atoms. The Hall–Kier alpha value is -1.66. The van der Waals surface area contributed by atoms with Crippen molar-refractivity contribution in [1.82, 2.24) is 5.16 Å². The van der Waals surface area contributed by atoms with E-state index in [1.54, 1.807) is 6.07 Å². The maximum Gasteiger partial charge on any atom is 0.191 e. The van der Waals surface area contributed by atoms with Crippen molar-refractivity contribution < 1.29 is 17.7 Å². The van der Waals surface area contributed by atoms with Gasteiger partial charge in [-0.15, -0.1) is 0 Å². The van der Waals surface area contributed by atoms with Gasteiger partial charge in [-0.3, -0.25) is 4.79 Å². The smallest absolute Gasteiger partial charge is 0.191 e. The van der Waals surface area contributed by atoms with Crippen molar-refractivity contribution in [3.05, 3.63) is 46.8 Å². The zero-order valence-corrected chi connectivity index (χ0v) is 16.7. The molecule has 0 unspecified atom stereocenters. The number of nitrogens with zero attached hydrogens (tertiary/aromatic N) is 1. The zero-order chi connectivity index (χ0) is 19.2. The van der Waals surface area contributed by atoms with Crippen LogP contribution in [0.25, 0.3) is 0 Å². The second-order valence-electron chi connectivity index (χ2n) is 7.84. The molecule has 0 saturated heterocycles. The normalized spacial score (nSPS) is 16.9. The zero-order valence-electron chi connectivity index (χ0n) is 15.1. The number of halogens is 1. The van der Waals surface area contributed by atoms with E-state index in [0.29, 0.717) is 35.7 Å². The predicted molar refractivity (Wildman–Crippen MR) is 99.1 cm³/mol. The van der Waals surface area contributed by atoms with E-state index in [2.05, 4.69) is 5.16 Å². The van der Waals surface area contributed by atoms with Gasteiger partial charge in [-0.05, 0) is 43.5 Å². The summed E-state index contributed by atoms with van der Waals surface area (Å²) in [5.74, 6) is 0.343. The first-order valence-electron chi connectivity index (χ1n) is 8.56. The highest BCUT2D eigenvalue weighted by molar-refractivity contribution is 7.93. The van der Waals surface area contributed by atoms with Crippen LogP contribution >= 0.6 is 11.6 Å². The summed E-state index contributed by atoms with van der Waals surface area (Å²) in [4.78, 5) is 13.1. The van der Waals surface area contributed by atoms with Crippen LogP contribution in [0.3, 0.4) is 0 Å². The van der Waals surface area contributed by atoms with Gasteiger partial charge in [-0.1, -0.05) is 37.5 Å². The van der Waals surface area contributed by atoms with Crippen molar-refractivity contribution in [2.75, 3.05) is 0 Å². The number of rotatable bonds is 5. The second-order valence-corrected chi connectivity index (χ2v) is 10.5. The topological polar surface area (TPSA) is 77.2 Å². The minimum absolute atomic E-state index is 0.0492. The molecule has 1 saturated carbocycles. The van der Waals surface area contributed by atoms with Crippen molar-refractivity contribution in [3.63, 3.8) is 0 Å². The van der Waals surface area contributed by atoms with Crippen molar-refractivity contribution in [2.45, 2.75) is 61.5 Å². The Morgan fingerprint density at radius 1 is 1.23 bits per heavy atom. The third-order valence-electron chi connectivity index (χ3n) is 4.95. The number of hydrogen-bond donors (Lipinski definition) is 0. The van der Waals surface area contributed by atoms with E-state index in [1.165, 1.54) is 24.3 Å². The van der Waals surface area contributed by atoms with Gasteiger partial charge in [0.2, 0.25) is 0 Å². The van der Waals surface area contributed by atoms with E-state index in [-0.39, 0.29) is 22.5 Å². The number of sulfone groups is 1. The molecule has 0 radical (unpaired) electrons. The van der Waals surface area contributed by atoms with Gasteiger partial charge in [0.1, 0.15) is 10.5 Å². The monoisotopic (exact) mass is 395 g/mol. The van der Waals surface area contributed by atoms with Gasteiger partial charge >= 0.3 is 0 Å². The Labute approximate surface area is 158 Å². The Kier molecular flexibility index (Phi) is 4.78. The Balaban J connectivity index is 1.88. The molecule has 140 valence electrons. The molecule has 1 heterocycles. The fourth-order valence-corrected chi connectivity index (χ4v) is 5.38. The predicted octanol–water partition coefficient (Wildman–Crippen LogP) is 4.13. The van der Waals surface area contributed by atoms with Gasteiger partial charge in [0.05, 0.1) is 17.0 Å². The highest BCUT2D eigenvalue weighted by Gasteiger charge is 2.55. The first-order chi connectivity index (χ1) is 12.1. The number of ketones is 1. The molecule has 1 aliphatic rings. The summed E-state index contributed by atoms with van der Waals surface area (Å²) in [6, 6.07) is 7.70. The molecule has 3 rings (SSSR count). The summed E-state index contributed by atoms with van der Waals surface area (Å²) in [6.45, 7) is 5.95. The van der Waals surface area contributed by atoms with E-state index >= 15 is 0 Å². The molecule has 7 heteroatoms. The summed E-state index contributed by atoms with van der Waals surface area (Å²) in [5, 5.41) is 4.41. The van der Waals surface area contributed by atoms with E-state index in [4.69, 9.17) is 16.1 Å². The van der Waals surface area contributed by atoms with Crippen LogP contribution in [0.15, 0.2) is 39.8 Å². The summed E-state index contributed by atoms with van der Waals surface area (Å²) in [5.41, 5.74) is 0.246. The standard InChI is InChI=1S/C19H22ClNO4S/c1-18(2,3)17-12-14(21-25-17)11-16(22)19(9-4-10-19)26(23,24)15-7-5-13(20)6-8-15/h5-8,12H,4,9-11H2,1-3H3. The van der Waals surface area contributed by atoms with Gasteiger partial charge in [-0.25, -0.2) is 8.42 Å². The molecule has 0 spiro atoms. The van der Waals surface area contributed by atoms with Crippen LogP contribution in [-0.2, 0) is 26.5 Å². The molecular formula is C19H22ClNO4S. The molecule has 0 atom stereocenters. The highest BCUT2D eigenvalue weighted by atomic mass is 35.5. The van der Waals surface area contributed by atoms with Crippen molar-refractivity contribution >= 4 is 27.2 Å². The van der Waals surface area contributed by atoms with E-state index in [1.807, 2.05) is 20.8 Å². The minimum Gasteiger partial charge on any atom is -0.361 e. The van der Waals surface area contributed by atoms with Crippen LogP contribution in [0, 0.1) is 0 Å². The first kappa shape index (κ1) is 19.1. The average Bonchev–Trinajstić information content (AvgIpc) is 2.94. The summed E-state index contributed by atoms with van der Waals surface area (Å²) >= 11 is 5.85. The third kappa shape index (κ3) is 3.21. The van der Waals surface area contributed by atoms with Crippen LogP contribution in [0.4, 0.5) is 0 Å². The molecule has 0 N–H and O–H groups in total. The van der Waals surface area contributed by atoms with Crippen LogP contribution in [0.1, 0.15) is 51.5 Å². The lowest BCUT2D eigenvalue weighted by atomic mass is 9.79. The van der Waals surface area contributed by atoms with Crippen LogP contribution in [0.5, 0.6) is 0 Å². The molecule has 1 fully saturated rings. The number of benzene rings is 1. The molecule has 0 aliphatic heterocycles. The summed E-state index contributed by atoms with van der Waals surface area (Å²) in [6.07, 6.45) is 1.33. The molecule has 0 amide bonds. The Bertz CT molecular complexity index is 919. The second kappa shape index (κ2) is 6.50. The highest BCUT2D eigenvalue weighted by Crippen LogP contribution is 2.44. The number of carbonyl (C=O) groups excluding carboxylic acids is 1. The van der Waals surface area contributed by atoms with Gasteiger partial charge in [0.25, 0.3) is 0 Å². The summed E-state index contributed by atoms with van der Waals surface area (Å²) < 4.78 is 30.2. The van der Waals surface area contributed by atoms with E-state index in [0.717, 1.165) is 0 Å². The van der Waals surface area contributed by atoms with E-state index in [9.17, 15) is 13.2 Å². The van der Waals surface area contributed by atoms with E-state index < -0.39 is 14.6 Å². The Morgan fingerprint density at radius 2 is 1.85 bits per heavy atom. The van der Waals surface area contributed by atoms with Crippen LogP contribution in [0.2, 0.25) is 5.02 Å². The molecule has 1 aromatic heterocycles. The van der Waals surface area contributed by atoms with Crippen molar-refractivity contribution in [2.24, 2.45) is 0 Å². The molecule has 1 aromatic carbocycles. The average molecular weight is 396 g/mol. The number of hydrogen-bond acceptors (Lipinski definition) is 5. The molecule has 5 nitrogen and oxygen atoms in total. The lowest BCUT2D eigenvalue weighted by Crippen LogP contribution is -2.52. The summed E-state index contributed by atoms with van der Waals surface area (Å²) in [7, 11) is -3.79. The lowest BCUT2D eigenvalue weighted by Gasteiger charge is -2.39. The Morgan fingerprint density at radius 3 is 2.31 bits per heavy atom. The maximum absolute atomic E-state index is 13.1. The van der Waals surface area contributed by atoms with Crippen molar-refractivity contribution in [1.29, 1.82) is 0 Å². The van der Waals surface area contributed by atoms with Crippen LogP contribution in [-0.4, -0.2) is 24.1 Å². The molecule has 1 aliphatic carbocycles. The number of Topliss-reactive ketones (excluding diaryl/α,β-unsaturated/α-hetero) is 1.